The predicted octanol–water partition coefficient (Wildman–Crippen LogP) is 5.56. The third-order valence-corrected chi connectivity index (χ3v) is 8.70. The van der Waals surface area contributed by atoms with Crippen LogP contribution in [0.2, 0.25) is 5.02 Å². The van der Waals surface area contributed by atoms with Gasteiger partial charge in [0.2, 0.25) is 0 Å². The largest absolute Gasteiger partial charge is 0.493 e. The molecule has 0 bridgehead atoms. The van der Waals surface area contributed by atoms with E-state index in [0.717, 1.165) is 21.6 Å². The minimum absolute atomic E-state index is 0.0674. The summed E-state index contributed by atoms with van der Waals surface area (Å²) in [5, 5.41) is 11.8. The number of anilines is 1. The number of sulfonamides is 1. The van der Waals surface area contributed by atoms with Crippen LogP contribution in [-0.2, 0) is 10.0 Å². The van der Waals surface area contributed by atoms with Crippen molar-refractivity contribution >= 4 is 49.8 Å². The van der Waals surface area contributed by atoms with Gasteiger partial charge in [0, 0.05) is 38.8 Å². The number of hydrogen-bond acceptors (Lipinski definition) is 6. The van der Waals surface area contributed by atoms with Gasteiger partial charge < -0.3 is 9.84 Å². The Bertz CT molecular complexity index is 1410. The van der Waals surface area contributed by atoms with Crippen molar-refractivity contribution in [1.29, 1.82) is 0 Å². The fraction of sp³-hybridized carbons (Fsp3) is 0.192. The van der Waals surface area contributed by atoms with E-state index in [2.05, 4.69) is 4.98 Å². The molecule has 1 aromatic heterocycles. The average Bonchev–Trinajstić information content (AvgIpc) is 2.86. The van der Waals surface area contributed by atoms with Gasteiger partial charge in [-0.25, -0.2) is 8.42 Å². The number of thioether (sulfide) groups is 1. The second kappa shape index (κ2) is 11.3. The highest BCUT2D eigenvalue weighted by Gasteiger charge is 2.28. The first-order valence-corrected chi connectivity index (χ1v) is 13.8. The van der Waals surface area contributed by atoms with Gasteiger partial charge in [0.1, 0.15) is 5.75 Å². The van der Waals surface area contributed by atoms with E-state index in [1.54, 1.807) is 60.9 Å². The fourth-order valence-corrected chi connectivity index (χ4v) is 6.61. The number of aliphatic hydroxyl groups is 1. The van der Waals surface area contributed by atoms with Crippen LogP contribution in [-0.4, -0.2) is 44.0 Å². The number of aromatic nitrogens is 1. The molecule has 1 N–H and O–H groups in total. The van der Waals surface area contributed by atoms with Gasteiger partial charge in [-0.2, -0.15) is 0 Å². The van der Waals surface area contributed by atoms with E-state index in [1.807, 2.05) is 25.1 Å². The van der Waals surface area contributed by atoms with Crippen molar-refractivity contribution in [2.75, 3.05) is 29.8 Å². The molecule has 0 aliphatic carbocycles. The first-order valence-electron chi connectivity index (χ1n) is 11.0. The summed E-state index contributed by atoms with van der Waals surface area (Å²) in [7, 11) is -3.97. The zero-order valence-electron chi connectivity index (χ0n) is 19.1. The molecule has 6 nitrogen and oxygen atoms in total. The number of benzene rings is 3. The SMILES string of the molecule is Cc1cccc(N(CCO)S(=O)(=O)c2cccc3cnccc23)c1SCCOc1ccc(Cl)cc1. The summed E-state index contributed by atoms with van der Waals surface area (Å²) in [4.78, 5) is 5.10. The summed E-state index contributed by atoms with van der Waals surface area (Å²) in [6.07, 6.45) is 3.21. The van der Waals surface area contributed by atoms with Crippen LogP contribution in [0.4, 0.5) is 5.69 Å². The van der Waals surface area contributed by atoms with Crippen molar-refractivity contribution in [1.82, 2.24) is 4.98 Å². The summed E-state index contributed by atoms with van der Waals surface area (Å²) < 4.78 is 34.9. The van der Waals surface area contributed by atoms with Crippen molar-refractivity contribution in [3.05, 3.63) is 89.7 Å². The standard InChI is InChI=1S/C26H25ClN2O4S2/c1-19-4-2-6-24(26(19)34-17-16-33-22-10-8-21(27)9-11-22)29(14-15-30)35(31,32)25-7-3-5-20-18-28-13-12-23(20)25/h2-13,18,30H,14-17H2,1H3. The Kier molecular flexibility index (Phi) is 8.18. The molecule has 0 fully saturated rings. The van der Waals surface area contributed by atoms with Crippen LogP contribution in [0.25, 0.3) is 10.8 Å². The highest BCUT2D eigenvalue weighted by atomic mass is 35.5. The summed E-state index contributed by atoms with van der Waals surface area (Å²) in [6, 6.07) is 19.5. The predicted molar refractivity (Wildman–Crippen MR) is 142 cm³/mol. The number of nitrogens with zero attached hydrogens (tertiary/aromatic N) is 2. The quantitative estimate of drug-likeness (QED) is 0.214. The molecular weight excluding hydrogens is 504 g/mol. The van der Waals surface area contributed by atoms with Gasteiger partial charge >= 0.3 is 0 Å². The number of ether oxygens (including phenoxy) is 1. The zero-order chi connectivity index (χ0) is 24.8. The second-order valence-electron chi connectivity index (χ2n) is 7.73. The van der Waals surface area contributed by atoms with Crippen molar-refractivity contribution < 1.29 is 18.3 Å². The normalized spacial score (nSPS) is 11.5. The Hall–Kier alpha value is -2.78. The van der Waals surface area contributed by atoms with Crippen LogP contribution < -0.4 is 9.04 Å². The zero-order valence-corrected chi connectivity index (χ0v) is 21.5. The van der Waals surface area contributed by atoms with E-state index >= 15 is 0 Å². The number of rotatable bonds is 10. The second-order valence-corrected chi connectivity index (χ2v) is 11.1. The molecule has 1 heterocycles. The maximum Gasteiger partial charge on any atom is 0.265 e. The minimum atomic E-state index is -3.97. The van der Waals surface area contributed by atoms with Crippen LogP contribution in [0.3, 0.4) is 0 Å². The van der Waals surface area contributed by atoms with Gasteiger partial charge in [-0.05, 0) is 55.0 Å². The number of halogens is 1. The molecule has 9 heteroatoms. The third-order valence-electron chi connectivity index (χ3n) is 5.38. The average molecular weight is 529 g/mol. The molecule has 0 unspecified atom stereocenters. The lowest BCUT2D eigenvalue weighted by atomic mass is 10.2. The third kappa shape index (κ3) is 5.73. The number of hydrogen-bond donors (Lipinski definition) is 1. The first-order chi connectivity index (χ1) is 16.9. The van der Waals surface area contributed by atoms with E-state index in [0.29, 0.717) is 28.5 Å². The molecule has 0 saturated carbocycles. The number of aryl methyl sites for hydroxylation is 1. The Morgan fingerprint density at radius 2 is 1.83 bits per heavy atom. The van der Waals surface area contributed by atoms with Crippen molar-refractivity contribution in [3.63, 3.8) is 0 Å². The molecule has 0 saturated heterocycles. The lowest BCUT2D eigenvalue weighted by Crippen LogP contribution is -2.34. The van der Waals surface area contributed by atoms with Gasteiger partial charge in [-0.1, -0.05) is 35.9 Å². The lowest BCUT2D eigenvalue weighted by Gasteiger charge is -2.27. The molecule has 0 aliphatic heterocycles. The molecule has 4 rings (SSSR count). The maximum atomic E-state index is 13.9. The topological polar surface area (TPSA) is 79.7 Å². The summed E-state index contributed by atoms with van der Waals surface area (Å²) in [5.74, 6) is 1.32. The Morgan fingerprint density at radius 1 is 1.06 bits per heavy atom. The van der Waals surface area contributed by atoms with E-state index in [4.69, 9.17) is 16.3 Å². The van der Waals surface area contributed by atoms with Crippen LogP contribution in [0, 0.1) is 6.92 Å². The minimum Gasteiger partial charge on any atom is -0.493 e. The van der Waals surface area contributed by atoms with E-state index in [-0.39, 0.29) is 18.0 Å². The van der Waals surface area contributed by atoms with Crippen molar-refractivity contribution in [3.8, 4) is 5.75 Å². The fourth-order valence-electron chi connectivity index (χ4n) is 3.75. The molecule has 4 aromatic rings. The monoisotopic (exact) mass is 528 g/mol. The number of fused-ring (bicyclic) bond motifs is 1. The molecular formula is C26H25ClN2O4S2. The first kappa shape index (κ1) is 25.3. The van der Waals surface area contributed by atoms with Crippen LogP contribution in [0.1, 0.15) is 5.56 Å². The summed E-state index contributed by atoms with van der Waals surface area (Å²) >= 11 is 7.44. The Labute approximate surface area is 214 Å². The Balaban J connectivity index is 1.63. The highest BCUT2D eigenvalue weighted by Crippen LogP contribution is 2.37. The summed E-state index contributed by atoms with van der Waals surface area (Å²) in [5.41, 5.74) is 1.47. The molecule has 0 spiro atoms. The van der Waals surface area contributed by atoms with E-state index < -0.39 is 10.0 Å². The van der Waals surface area contributed by atoms with Crippen molar-refractivity contribution in [2.24, 2.45) is 0 Å². The maximum absolute atomic E-state index is 13.9. The molecule has 0 radical (unpaired) electrons. The molecule has 0 amide bonds. The van der Waals surface area contributed by atoms with E-state index in [1.165, 1.54) is 16.1 Å². The number of aliphatic hydroxyl groups excluding tert-OH is 1. The lowest BCUT2D eigenvalue weighted by molar-refractivity contribution is 0.306. The Morgan fingerprint density at radius 3 is 2.60 bits per heavy atom. The molecule has 182 valence electrons. The van der Waals surface area contributed by atoms with Crippen molar-refractivity contribution in [2.45, 2.75) is 16.7 Å². The van der Waals surface area contributed by atoms with Gasteiger partial charge in [0.15, 0.2) is 0 Å². The molecule has 0 aliphatic rings. The van der Waals surface area contributed by atoms with Crippen LogP contribution in [0.5, 0.6) is 5.75 Å². The molecule has 3 aromatic carbocycles. The van der Waals surface area contributed by atoms with E-state index in [9.17, 15) is 13.5 Å². The smallest absolute Gasteiger partial charge is 0.265 e. The van der Waals surface area contributed by atoms with Crippen LogP contribution in [0.15, 0.2) is 88.9 Å². The molecule has 0 atom stereocenters. The molecule has 35 heavy (non-hydrogen) atoms. The summed E-state index contributed by atoms with van der Waals surface area (Å²) in [6.45, 7) is 1.99. The van der Waals surface area contributed by atoms with Crippen LogP contribution >= 0.6 is 23.4 Å². The highest BCUT2D eigenvalue weighted by molar-refractivity contribution is 7.99. The van der Waals surface area contributed by atoms with Gasteiger partial charge in [-0.3, -0.25) is 9.29 Å². The van der Waals surface area contributed by atoms with Gasteiger partial charge in [0.05, 0.1) is 30.3 Å². The van der Waals surface area contributed by atoms with Gasteiger partial charge in [-0.15, -0.1) is 11.8 Å². The van der Waals surface area contributed by atoms with Gasteiger partial charge in [0.25, 0.3) is 10.0 Å². The number of pyridine rings is 1.